The first-order valence-corrected chi connectivity index (χ1v) is 22.6. The first-order chi connectivity index (χ1) is 31.3. The summed E-state index contributed by atoms with van der Waals surface area (Å²) in [7, 11) is 0. The quantitative estimate of drug-likeness (QED) is 0.149. The molecule has 17 atom stereocenters. The first kappa shape index (κ1) is 56.8. The Morgan fingerprint density at radius 1 is 0.727 bits per heavy atom. The standard InChI is InChI=1S/C47H74N2O17/c1-29-15-13-11-9-7-5-3-4-6-8-10-12-14-16-34(65-46-44(60)43(48)39(58)28-63-46)25-40-42(45(61)49-19-20-50)38(57)27-47(62,66-40)26-33(53)23-37(56)35(54)18-17-31(51)22-32(52)24-41(59)64-30(2)21-36(29)55/h3-16,29-40,42-44,46,50-58,60,62H,17-28,48H2,1-2H3,(H,49,61)/b4-3+,7-5+,8-6+,11-9+,12-10+,15-13+,16-14+/t29-,30-,31?,32?,33?,34?,35?,36-,37?,38-,39+,40-,42+,43-,44-,46-,47?/m0/s1. The summed E-state index contributed by atoms with van der Waals surface area (Å²) in [4.78, 5) is 25.9. The molecule has 2 fully saturated rings. The molecule has 19 nitrogen and oxygen atoms in total. The zero-order chi connectivity index (χ0) is 48.8. The van der Waals surface area contributed by atoms with Crippen molar-refractivity contribution in [1.29, 1.82) is 0 Å². The van der Waals surface area contributed by atoms with Crippen molar-refractivity contribution in [3.8, 4) is 0 Å². The Bertz CT molecular complexity index is 1650. The third-order valence-corrected chi connectivity index (χ3v) is 11.5. The Morgan fingerprint density at radius 3 is 1.95 bits per heavy atom. The molecule has 2 bridgehead atoms. The maximum absolute atomic E-state index is 13.4. The van der Waals surface area contributed by atoms with E-state index in [1.807, 2.05) is 25.2 Å². The minimum absolute atomic E-state index is 0.1000. The number of carbonyl (C=O) groups excluding carboxylic acids is 2. The van der Waals surface area contributed by atoms with Gasteiger partial charge in [-0.3, -0.25) is 9.59 Å². The van der Waals surface area contributed by atoms with Crippen LogP contribution >= 0.6 is 0 Å². The van der Waals surface area contributed by atoms with Crippen LogP contribution in [0.15, 0.2) is 85.1 Å². The van der Waals surface area contributed by atoms with Crippen molar-refractivity contribution < 1.29 is 84.7 Å². The lowest BCUT2D eigenvalue weighted by atomic mass is 9.82. The smallest absolute Gasteiger partial charge is 0.308 e. The number of carbonyl (C=O) groups is 2. The lowest BCUT2D eigenvalue weighted by Gasteiger charge is -2.45. The van der Waals surface area contributed by atoms with E-state index < -0.39 is 141 Å². The molecule has 0 spiro atoms. The minimum atomic E-state index is -2.29. The van der Waals surface area contributed by atoms with Gasteiger partial charge < -0.3 is 86.2 Å². The summed E-state index contributed by atoms with van der Waals surface area (Å²) in [5, 5.41) is 120. The van der Waals surface area contributed by atoms with Crippen LogP contribution in [0.25, 0.3) is 0 Å². The molecule has 0 saturated carbocycles. The van der Waals surface area contributed by atoms with Crippen molar-refractivity contribution in [2.24, 2.45) is 17.6 Å². The molecule has 3 aliphatic heterocycles. The van der Waals surface area contributed by atoms with Crippen LogP contribution in [-0.2, 0) is 28.5 Å². The molecule has 374 valence electrons. The Balaban J connectivity index is 1.88. The fraction of sp³-hybridized carbons (Fsp3) is 0.660. The second kappa shape index (κ2) is 29.4. The summed E-state index contributed by atoms with van der Waals surface area (Å²) in [6.07, 6.45) is 5.32. The van der Waals surface area contributed by atoms with Crippen LogP contribution in [0.4, 0.5) is 0 Å². The molecule has 19 heteroatoms. The van der Waals surface area contributed by atoms with Crippen LogP contribution in [0, 0.1) is 11.8 Å². The number of ether oxygens (including phenoxy) is 4. The third-order valence-electron chi connectivity index (χ3n) is 11.5. The van der Waals surface area contributed by atoms with E-state index in [0.29, 0.717) is 0 Å². The van der Waals surface area contributed by atoms with Crippen molar-refractivity contribution in [2.45, 2.75) is 163 Å². The average Bonchev–Trinajstić information content (AvgIpc) is 3.23. The van der Waals surface area contributed by atoms with Gasteiger partial charge in [0.15, 0.2) is 12.1 Å². The fourth-order valence-corrected chi connectivity index (χ4v) is 7.81. The topological polar surface area (TPSA) is 332 Å². The number of amides is 1. The predicted octanol–water partition coefficient (Wildman–Crippen LogP) is -0.899. The van der Waals surface area contributed by atoms with E-state index >= 15 is 0 Å². The molecule has 3 aliphatic rings. The Hall–Kier alpha value is -3.48. The van der Waals surface area contributed by atoms with Gasteiger partial charge in [0.05, 0.1) is 92.6 Å². The van der Waals surface area contributed by atoms with Crippen molar-refractivity contribution in [3.63, 3.8) is 0 Å². The third kappa shape index (κ3) is 20.4. The SMILES string of the molecule is C[C@H]1C[C@H](O)[C@@H](C)/C=C/C=C/C=C/C=C/C=C/C=C/C=C/C(O[C@@H]2OC[C@@H](O)[C@H](N)[C@@H]2O)C[C@@H]2OC(O)(CC(O)CC(O)C(O)CCC(O)CC(O)CC(=O)O1)C[C@H](O)[C@H]2C(=O)NCCO. The van der Waals surface area contributed by atoms with Gasteiger partial charge in [-0.15, -0.1) is 0 Å². The van der Waals surface area contributed by atoms with Gasteiger partial charge in [-0.05, 0) is 26.2 Å². The molecule has 3 rings (SSSR count). The number of fused-ring (bicyclic) bond motifs is 2. The minimum Gasteiger partial charge on any atom is -0.462 e. The molecule has 1 amide bonds. The summed E-state index contributed by atoms with van der Waals surface area (Å²) >= 11 is 0. The zero-order valence-electron chi connectivity index (χ0n) is 37.8. The highest BCUT2D eigenvalue weighted by Gasteiger charge is 2.50. The van der Waals surface area contributed by atoms with Crippen LogP contribution in [-0.4, -0.2) is 179 Å². The monoisotopic (exact) mass is 938 g/mol. The highest BCUT2D eigenvalue weighted by Crippen LogP contribution is 2.38. The molecular weight excluding hydrogens is 865 g/mol. The number of nitrogens with one attached hydrogen (secondary N) is 1. The Morgan fingerprint density at radius 2 is 1.33 bits per heavy atom. The van der Waals surface area contributed by atoms with Gasteiger partial charge in [0.2, 0.25) is 5.91 Å². The van der Waals surface area contributed by atoms with E-state index in [2.05, 4.69) is 5.32 Å². The van der Waals surface area contributed by atoms with Gasteiger partial charge in [0.25, 0.3) is 0 Å². The lowest BCUT2D eigenvalue weighted by Crippen LogP contribution is -2.59. The number of hydrogen-bond donors (Lipinski definition) is 13. The molecule has 0 aliphatic carbocycles. The van der Waals surface area contributed by atoms with E-state index in [-0.39, 0.29) is 51.2 Å². The number of allylic oxidation sites excluding steroid dienone is 12. The van der Waals surface area contributed by atoms with E-state index in [9.17, 15) is 65.8 Å². The Labute approximate surface area is 386 Å². The normalized spacial score (nSPS) is 42.7. The van der Waals surface area contributed by atoms with E-state index in [1.165, 1.54) is 0 Å². The van der Waals surface area contributed by atoms with E-state index in [0.717, 1.165) is 0 Å². The summed E-state index contributed by atoms with van der Waals surface area (Å²) in [5.74, 6) is -5.33. The van der Waals surface area contributed by atoms with Crippen molar-refractivity contribution in [1.82, 2.24) is 5.32 Å². The van der Waals surface area contributed by atoms with Gasteiger partial charge >= 0.3 is 5.97 Å². The summed E-state index contributed by atoms with van der Waals surface area (Å²) in [5.41, 5.74) is 5.97. The van der Waals surface area contributed by atoms with Gasteiger partial charge in [0.1, 0.15) is 12.2 Å². The number of aliphatic hydroxyl groups excluding tert-OH is 10. The maximum atomic E-state index is 13.4. The largest absolute Gasteiger partial charge is 0.462 e. The van der Waals surface area contributed by atoms with Crippen LogP contribution in [0.2, 0.25) is 0 Å². The molecule has 14 N–H and O–H groups in total. The van der Waals surface area contributed by atoms with Crippen LogP contribution in [0.3, 0.4) is 0 Å². The summed E-state index contributed by atoms with van der Waals surface area (Å²) < 4.78 is 23.1. The molecule has 0 aromatic rings. The van der Waals surface area contributed by atoms with Gasteiger partial charge in [-0.25, -0.2) is 0 Å². The first-order valence-electron chi connectivity index (χ1n) is 22.6. The zero-order valence-corrected chi connectivity index (χ0v) is 37.8. The van der Waals surface area contributed by atoms with Crippen LogP contribution in [0.5, 0.6) is 0 Å². The highest BCUT2D eigenvalue weighted by molar-refractivity contribution is 5.80. The summed E-state index contributed by atoms with van der Waals surface area (Å²) in [6, 6.07) is -1.12. The van der Waals surface area contributed by atoms with E-state index in [1.54, 1.807) is 73.8 Å². The number of cyclic esters (lactones) is 1. The lowest BCUT2D eigenvalue weighted by molar-refractivity contribution is -0.304. The number of rotatable bonds is 5. The van der Waals surface area contributed by atoms with Crippen LogP contribution < -0.4 is 11.1 Å². The van der Waals surface area contributed by atoms with Crippen molar-refractivity contribution in [2.75, 3.05) is 19.8 Å². The Kier molecular flexibility index (Phi) is 25.3. The molecule has 7 unspecified atom stereocenters. The van der Waals surface area contributed by atoms with Crippen LogP contribution in [0.1, 0.15) is 71.6 Å². The summed E-state index contributed by atoms with van der Waals surface area (Å²) in [6.45, 7) is 2.62. The molecule has 0 aromatic carbocycles. The molecule has 0 radical (unpaired) electrons. The molecule has 2 saturated heterocycles. The highest BCUT2D eigenvalue weighted by atomic mass is 16.7. The molecular formula is C47H74N2O17. The number of aliphatic hydroxyl groups is 11. The number of esters is 1. The van der Waals surface area contributed by atoms with Crippen molar-refractivity contribution >= 4 is 11.9 Å². The van der Waals surface area contributed by atoms with Gasteiger partial charge in [-0.1, -0.05) is 92.0 Å². The number of nitrogens with two attached hydrogens (primary N) is 1. The van der Waals surface area contributed by atoms with E-state index in [4.69, 9.17) is 24.7 Å². The molecule has 66 heavy (non-hydrogen) atoms. The average molecular weight is 939 g/mol. The predicted molar refractivity (Wildman–Crippen MR) is 240 cm³/mol. The van der Waals surface area contributed by atoms with Gasteiger partial charge in [0, 0.05) is 44.6 Å². The molecule has 3 heterocycles. The van der Waals surface area contributed by atoms with Gasteiger partial charge in [-0.2, -0.15) is 0 Å². The maximum Gasteiger partial charge on any atom is 0.308 e. The second-order valence-electron chi connectivity index (χ2n) is 17.4. The fourth-order valence-electron chi connectivity index (χ4n) is 7.81. The van der Waals surface area contributed by atoms with Crippen molar-refractivity contribution in [3.05, 3.63) is 85.1 Å². The number of hydrogen-bond acceptors (Lipinski definition) is 18. The second-order valence-corrected chi connectivity index (χ2v) is 17.4. The molecule has 0 aromatic heterocycles.